The minimum atomic E-state index is -5.12. The molecule has 0 saturated carbocycles. The predicted molar refractivity (Wildman–Crippen MR) is 117 cm³/mol. The van der Waals surface area contributed by atoms with E-state index in [1.54, 1.807) is 6.92 Å². The Balaban J connectivity index is 0.00000578. The van der Waals surface area contributed by atoms with E-state index in [0.29, 0.717) is 30.4 Å². The van der Waals surface area contributed by atoms with Gasteiger partial charge in [-0.15, -0.1) is 0 Å². The smallest absolute Gasteiger partial charge is 1.00 e. The van der Waals surface area contributed by atoms with Gasteiger partial charge in [0.25, 0.3) is 0 Å². The molecule has 0 radical (unpaired) electrons. The van der Waals surface area contributed by atoms with Gasteiger partial charge in [0.15, 0.2) is 5.52 Å². The fourth-order valence-corrected chi connectivity index (χ4v) is 3.91. The molecule has 0 aliphatic heterocycles. The number of benzene rings is 2. The summed E-state index contributed by atoms with van der Waals surface area (Å²) >= 11 is 0. The van der Waals surface area contributed by atoms with Crippen molar-refractivity contribution in [3.05, 3.63) is 53.1 Å². The molecule has 2 rings (SSSR count). The van der Waals surface area contributed by atoms with Crippen LogP contribution in [-0.2, 0) is 12.4 Å². The Bertz CT molecular complexity index is 952. The van der Waals surface area contributed by atoms with E-state index >= 15 is 0 Å². The molecule has 0 aliphatic rings. The van der Waals surface area contributed by atoms with Gasteiger partial charge in [-0.2, -0.15) is 26.3 Å². The van der Waals surface area contributed by atoms with Gasteiger partial charge in [0.2, 0.25) is 0 Å². The maximum atomic E-state index is 13.5. The number of hydrogen-bond donors (Lipinski definition) is 0. The van der Waals surface area contributed by atoms with Crippen LogP contribution < -0.4 is 33.6 Å². The molecule has 2 aromatic carbocycles. The van der Waals surface area contributed by atoms with Gasteiger partial charge in [0.05, 0.1) is 23.3 Å². The minimum Gasteiger partial charge on any atom is -1.00 e. The number of rotatable bonds is 9. The van der Waals surface area contributed by atoms with E-state index in [1.807, 2.05) is 20.8 Å². The van der Waals surface area contributed by atoms with Gasteiger partial charge in [-0.05, 0) is 59.5 Å². The number of alkyl halides is 6. The zero-order valence-corrected chi connectivity index (χ0v) is 20.5. The summed E-state index contributed by atoms with van der Waals surface area (Å²) in [6.07, 6.45) is -9.35. The summed E-state index contributed by atoms with van der Waals surface area (Å²) in [6, 6.07) is 6.07. The van der Waals surface area contributed by atoms with Crippen molar-refractivity contribution in [2.24, 2.45) is 0 Å². The predicted octanol–water partition coefficient (Wildman–Crippen LogP) is 4.34. The van der Waals surface area contributed by atoms with Crippen molar-refractivity contribution < 1.29 is 60.9 Å². The van der Waals surface area contributed by atoms with E-state index < -0.39 is 43.1 Å². The third-order valence-corrected chi connectivity index (χ3v) is 6.08. The van der Waals surface area contributed by atoms with Gasteiger partial charge in [-0.3, -0.25) is 4.79 Å². The molecule has 0 bridgehead atoms. The van der Waals surface area contributed by atoms with Crippen LogP contribution >= 0.6 is 8.58 Å². The summed E-state index contributed by atoms with van der Waals surface area (Å²) in [6.45, 7) is 7.39. The first-order valence-corrected chi connectivity index (χ1v) is 11.3. The molecule has 3 unspecified atom stereocenters. The Labute approximate surface area is 210 Å². The Morgan fingerprint density at radius 3 is 1.88 bits per heavy atom. The number of hydrogen-bond acceptors (Lipinski definition) is 3. The molecule has 0 N–H and O–H groups in total. The van der Waals surface area contributed by atoms with Crippen molar-refractivity contribution in [3.63, 3.8) is 0 Å². The van der Waals surface area contributed by atoms with Crippen LogP contribution in [0.15, 0.2) is 36.4 Å². The molecule has 2 aromatic rings. The fourth-order valence-electron chi connectivity index (χ4n) is 2.85. The van der Waals surface area contributed by atoms with Crippen molar-refractivity contribution >= 4 is 19.4 Å². The molecule has 0 amide bonds. The number of carbonyl (C=O) groups is 1. The molecule has 11 heteroatoms. The van der Waals surface area contributed by atoms with Gasteiger partial charge >= 0.3 is 31.2 Å². The zero-order valence-electron chi connectivity index (χ0n) is 20.5. The summed E-state index contributed by atoms with van der Waals surface area (Å²) in [5.41, 5.74) is -5.89. The first-order chi connectivity index (χ1) is 15.3. The van der Waals surface area contributed by atoms with E-state index in [2.05, 4.69) is 0 Å². The van der Waals surface area contributed by atoms with Crippen LogP contribution in [0.25, 0.3) is 0 Å². The number of halogens is 6. The Hall–Kier alpha value is -1.68. The third kappa shape index (κ3) is 7.93. The van der Waals surface area contributed by atoms with Crippen LogP contribution in [0.1, 0.15) is 63.4 Å². The molecule has 3 atom stereocenters. The van der Waals surface area contributed by atoms with Crippen molar-refractivity contribution in [3.8, 4) is 11.5 Å². The standard InChI is InChI=1S/C23H25F6O3P.Li.H/c1-5-13(3)31-15-10-11-19(18(12-15)32-14(4)6-2)33-21(30)20-16(22(24,25)26)8-7-9-17(20)23(27,28)29;;/h7-14,33H,5-6H2,1-4H3;;/q;+1;-1. The maximum Gasteiger partial charge on any atom is 1.00 e. The zero-order chi connectivity index (χ0) is 25.0. The van der Waals surface area contributed by atoms with Crippen LogP contribution in [0.2, 0.25) is 0 Å². The molecule has 0 heterocycles. The summed E-state index contributed by atoms with van der Waals surface area (Å²) in [5.74, 6) is 0.616. The van der Waals surface area contributed by atoms with Crippen molar-refractivity contribution in [2.75, 3.05) is 0 Å². The molecule has 34 heavy (non-hydrogen) atoms. The topological polar surface area (TPSA) is 35.5 Å². The molecule has 0 spiro atoms. The molecular formula is C23H26F6LiO3P. The van der Waals surface area contributed by atoms with E-state index in [9.17, 15) is 31.1 Å². The Morgan fingerprint density at radius 1 is 0.912 bits per heavy atom. The average molecular weight is 502 g/mol. The van der Waals surface area contributed by atoms with Gasteiger partial charge in [-0.25, -0.2) is 0 Å². The quantitative estimate of drug-likeness (QED) is 0.291. The maximum absolute atomic E-state index is 13.5. The molecular weight excluding hydrogens is 476 g/mol. The summed E-state index contributed by atoms with van der Waals surface area (Å²) < 4.78 is 92.3. The van der Waals surface area contributed by atoms with Gasteiger partial charge in [-0.1, -0.05) is 19.9 Å². The summed E-state index contributed by atoms with van der Waals surface area (Å²) in [5, 5.41) is 0.196. The van der Waals surface area contributed by atoms with Crippen LogP contribution in [0.5, 0.6) is 11.5 Å². The van der Waals surface area contributed by atoms with Gasteiger partial charge in [0.1, 0.15) is 11.5 Å². The van der Waals surface area contributed by atoms with Crippen LogP contribution in [0.4, 0.5) is 26.3 Å². The number of ether oxygens (including phenoxy) is 2. The van der Waals surface area contributed by atoms with Crippen molar-refractivity contribution in [1.82, 2.24) is 0 Å². The van der Waals surface area contributed by atoms with Crippen LogP contribution in [0.3, 0.4) is 0 Å². The normalized spacial score (nSPS) is 13.9. The average Bonchev–Trinajstić information content (AvgIpc) is 2.73. The number of carbonyl (C=O) groups excluding carboxylic acids is 1. The second kappa shape index (κ2) is 12.3. The second-order valence-corrected chi connectivity index (χ2v) is 8.75. The van der Waals surface area contributed by atoms with Crippen molar-refractivity contribution in [1.29, 1.82) is 0 Å². The van der Waals surface area contributed by atoms with Gasteiger partial charge in [0, 0.05) is 16.9 Å². The minimum absolute atomic E-state index is 0. The molecule has 0 aromatic heterocycles. The molecule has 0 fully saturated rings. The summed E-state index contributed by atoms with van der Waals surface area (Å²) in [7, 11) is -1.02. The Kier molecular flexibility index (Phi) is 11.0. The third-order valence-electron chi connectivity index (χ3n) is 4.92. The first-order valence-electron chi connectivity index (χ1n) is 10.3. The SMILES string of the molecule is CCC(C)Oc1ccc(PC(=O)c2c(C(F)(F)F)cccc2C(F)(F)F)c(OC(C)CC)c1.[H-].[Li+]. The van der Waals surface area contributed by atoms with E-state index in [-0.39, 0.29) is 43.5 Å². The Morgan fingerprint density at radius 2 is 1.41 bits per heavy atom. The van der Waals surface area contributed by atoms with E-state index in [0.717, 1.165) is 6.42 Å². The molecule has 184 valence electrons. The van der Waals surface area contributed by atoms with E-state index in [1.165, 1.54) is 18.2 Å². The monoisotopic (exact) mass is 502 g/mol. The van der Waals surface area contributed by atoms with Crippen LogP contribution in [0, 0.1) is 0 Å². The molecule has 3 nitrogen and oxygen atoms in total. The molecule has 0 saturated heterocycles. The van der Waals surface area contributed by atoms with Crippen molar-refractivity contribution in [2.45, 2.75) is 65.1 Å². The molecule has 0 aliphatic carbocycles. The summed E-state index contributed by atoms with van der Waals surface area (Å²) in [4.78, 5) is 12.9. The second-order valence-electron chi connectivity index (χ2n) is 7.51. The van der Waals surface area contributed by atoms with Crippen LogP contribution in [-0.4, -0.2) is 17.7 Å². The van der Waals surface area contributed by atoms with Gasteiger partial charge < -0.3 is 10.9 Å². The largest absolute Gasteiger partial charge is 1.00 e. The fraction of sp³-hybridized carbons (Fsp3) is 0.435. The van der Waals surface area contributed by atoms with E-state index in [4.69, 9.17) is 9.47 Å². The first kappa shape index (κ1) is 30.3.